The minimum Gasteiger partial charge on any atom is -0.456 e. The highest BCUT2D eigenvalue weighted by Gasteiger charge is 2.20. The predicted molar refractivity (Wildman–Crippen MR) is 324 cm³/mol. The topological polar surface area (TPSA) is 21.3 Å². The van der Waals surface area contributed by atoms with Crippen LogP contribution in [0.1, 0.15) is 0 Å². The van der Waals surface area contributed by atoms with E-state index in [1.807, 2.05) is 23.5 Å². The van der Waals surface area contributed by atoms with Crippen LogP contribution in [0.2, 0.25) is 0 Å². The number of furan rings is 1. The number of hydrogen-bond acceptors (Lipinski definition) is 3. The number of thiophene rings is 1. The number of para-hydroxylation sites is 2. The summed E-state index contributed by atoms with van der Waals surface area (Å²) in [6, 6.07) is 97.8. The maximum atomic E-state index is 6.26. The van der Waals surface area contributed by atoms with Crippen molar-refractivity contribution in [2.24, 2.45) is 0 Å². The van der Waals surface area contributed by atoms with Gasteiger partial charge in [0.25, 0.3) is 0 Å². The Hall–Kier alpha value is -9.74. The van der Waals surface area contributed by atoms with Crippen LogP contribution in [0.15, 0.2) is 271 Å². The van der Waals surface area contributed by atoms with Crippen LogP contribution < -0.4 is 4.90 Å². The monoisotopic (exact) mass is 984 g/mol. The Kier molecular flexibility index (Phi) is 9.51. The predicted octanol–water partition coefficient (Wildman–Crippen LogP) is 21.0. The smallest absolute Gasteiger partial charge is 0.136 e. The summed E-state index contributed by atoms with van der Waals surface area (Å²) < 4.78 is 11.4. The molecule has 16 rings (SSSR count). The first-order valence-corrected chi connectivity index (χ1v) is 26.8. The summed E-state index contributed by atoms with van der Waals surface area (Å²) in [4.78, 5) is 2.34. The van der Waals surface area contributed by atoms with E-state index in [9.17, 15) is 0 Å². The molecule has 4 heteroatoms. The van der Waals surface area contributed by atoms with Crippen molar-refractivity contribution >= 4 is 125 Å². The van der Waals surface area contributed by atoms with Gasteiger partial charge in [0, 0.05) is 64.5 Å². The lowest BCUT2D eigenvalue weighted by molar-refractivity contribution is 0.669. The molecule has 0 aliphatic rings. The Balaban J connectivity index is 0.832. The lowest BCUT2D eigenvalue weighted by Crippen LogP contribution is -2.09. The fraction of sp³-hybridized carbons (Fsp3) is 0. The Bertz CT molecular complexity index is 4950. The van der Waals surface area contributed by atoms with E-state index in [-0.39, 0.29) is 0 Å². The molecule has 16 aromatic rings. The van der Waals surface area contributed by atoms with Crippen molar-refractivity contribution in [1.82, 2.24) is 4.57 Å². The number of rotatable bonds is 7. The van der Waals surface area contributed by atoms with E-state index in [4.69, 9.17) is 4.42 Å². The van der Waals surface area contributed by atoms with E-state index in [2.05, 4.69) is 264 Å². The van der Waals surface area contributed by atoms with Crippen LogP contribution in [0.3, 0.4) is 0 Å². The molecule has 0 radical (unpaired) electrons. The van der Waals surface area contributed by atoms with Gasteiger partial charge in [-0.05, 0) is 157 Å². The van der Waals surface area contributed by atoms with Gasteiger partial charge in [0.2, 0.25) is 0 Å². The number of aromatic nitrogens is 1. The van der Waals surface area contributed by atoms with Crippen LogP contribution in [0.5, 0.6) is 0 Å². The van der Waals surface area contributed by atoms with Gasteiger partial charge >= 0.3 is 0 Å². The molecule has 354 valence electrons. The van der Waals surface area contributed by atoms with Gasteiger partial charge in [-0.15, -0.1) is 11.3 Å². The van der Waals surface area contributed by atoms with E-state index in [0.29, 0.717) is 0 Å². The molecule has 3 heterocycles. The molecule has 3 nitrogen and oxygen atoms in total. The number of hydrogen-bond donors (Lipinski definition) is 0. The minimum atomic E-state index is 0.900. The molecule has 0 N–H and O–H groups in total. The molecular formula is C72H44N2OS. The molecule has 0 aliphatic heterocycles. The van der Waals surface area contributed by atoms with Gasteiger partial charge in [0.05, 0.1) is 11.0 Å². The number of nitrogens with zero attached hydrogens (tertiary/aromatic N) is 2. The Morgan fingerprint density at radius 1 is 0.303 bits per heavy atom. The Labute approximate surface area is 442 Å². The number of anilines is 3. The van der Waals surface area contributed by atoms with Crippen LogP contribution >= 0.6 is 11.3 Å². The molecule has 0 saturated heterocycles. The van der Waals surface area contributed by atoms with Crippen LogP contribution in [-0.2, 0) is 0 Å². The average molecular weight is 985 g/mol. The quantitative estimate of drug-likeness (QED) is 0.148. The molecule has 0 saturated carbocycles. The summed E-state index contributed by atoms with van der Waals surface area (Å²) in [6.07, 6.45) is 0. The van der Waals surface area contributed by atoms with Crippen molar-refractivity contribution < 1.29 is 4.42 Å². The normalized spacial score (nSPS) is 11.9. The second kappa shape index (κ2) is 16.9. The van der Waals surface area contributed by atoms with Crippen LogP contribution in [0.4, 0.5) is 17.1 Å². The van der Waals surface area contributed by atoms with Gasteiger partial charge in [0.15, 0.2) is 0 Å². The zero-order valence-corrected chi connectivity index (χ0v) is 41.9. The van der Waals surface area contributed by atoms with Crippen molar-refractivity contribution in [1.29, 1.82) is 0 Å². The fourth-order valence-corrected chi connectivity index (χ4v) is 13.5. The fourth-order valence-electron chi connectivity index (χ4n) is 12.3. The lowest BCUT2D eigenvalue weighted by atomic mass is 9.94. The second-order valence-electron chi connectivity index (χ2n) is 19.9. The third-order valence-corrected chi connectivity index (χ3v) is 17.0. The van der Waals surface area contributed by atoms with Crippen LogP contribution in [0.25, 0.3) is 135 Å². The van der Waals surface area contributed by atoms with Gasteiger partial charge in [-0.2, -0.15) is 0 Å². The SMILES string of the molecule is c1ccc(N(c2ccc(-c3ccc4c(c3)c3cc(-c5cccc6c5sc5ccccc56)ccc3n4-c3ccc4c5ccccc5c5ccccc5c4c3)cc2)c2ccc(-c3cccc4oc5ccccc5c34)cc2)cc1. The summed E-state index contributed by atoms with van der Waals surface area (Å²) in [5.41, 5.74) is 15.7. The maximum Gasteiger partial charge on any atom is 0.136 e. The first-order valence-electron chi connectivity index (χ1n) is 26.0. The largest absolute Gasteiger partial charge is 0.456 e. The minimum absolute atomic E-state index is 0.900. The molecule has 0 spiro atoms. The van der Waals surface area contributed by atoms with E-state index in [1.165, 1.54) is 91.0 Å². The zero-order valence-electron chi connectivity index (χ0n) is 41.1. The van der Waals surface area contributed by atoms with E-state index < -0.39 is 0 Å². The molecule has 13 aromatic carbocycles. The molecule has 0 unspecified atom stereocenters. The second-order valence-corrected chi connectivity index (χ2v) is 21.0. The van der Waals surface area contributed by atoms with Crippen LogP contribution in [0, 0.1) is 0 Å². The van der Waals surface area contributed by atoms with Gasteiger partial charge in [-0.25, -0.2) is 0 Å². The van der Waals surface area contributed by atoms with Crippen molar-refractivity contribution in [3.63, 3.8) is 0 Å². The average Bonchev–Trinajstić information content (AvgIpc) is 4.27. The van der Waals surface area contributed by atoms with E-state index in [0.717, 1.165) is 61.4 Å². The maximum absolute atomic E-state index is 6.26. The standard InChI is InChI=1S/C72H44N2OS/c1-2-14-49(15-3-1)73(51-36-30-46(31-37-51)53-22-13-26-69-71(53)62-21-8-10-25-68(62)75-69)50-34-28-45(29-35-50)47-32-40-66-64(42-47)65-43-48(54-23-12-24-61-60-20-9-11-27-70(60)76-72(54)61)33-41-67(65)74(66)52-38-39-59-57-18-5-4-16-55(57)56-17-6-7-19-58(56)63(59)44-52/h1-44H. The molecule has 0 bridgehead atoms. The first-order chi connectivity index (χ1) is 37.7. The van der Waals surface area contributed by atoms with Crippen molar-refractivity contribution in [3.05, 3.63) is 267 Å². The summed E-state index contributed by atoms with van der Waals surface area (Å²) >= 11 is 1.89. The van der Waals surface area contributed by atoms with Crippen molar-refractivity contribution in [2.45, 2.75) is 0 Å². The Morgan fingerprint density at radius 2 is 0.816 bits per heavy atom. The van der Waals surface area contributed by atoms with Gasteiger partial charge in [0.1, 0.15) is 11.2 Å². The third-order valence-electron chi connectivity index (χ3n) is 15.8. The van der Waals surface area contributed by atoms with Gasteiger partial charge < -0.3 is 13.9 Å². The highest BCUT2D eigenvalue weighted by Crippen LogP contribution is 2.45. The number of fused-ring (bicyclic) bond motifs is 15. The third kappa shape index (κ3) is 6.61. The summed E-state index contributed by atoms with van der Waals surface area (Å²) in [5, 5.41) is 15.0. The lowest BCUT2D eigenvalue weighted by Gasteiger charge is -2.26. The molecule has 0 amide bonds. The molecular weight excluding hydrogens is 941 g/mol. The van der Waals surface area contributed by atoms with E-state index >= 15 is 0 Å². The van der Waals surface area contributed by atoms with Crippen molar-refractivity contribution in [3.8, 4) is 39.1 Å². The molecule has 0 aliphatic carbocycles. The summed E-state index contributed by atoms with van der Waals surface area (Å²) in [5.74, 6) is 0. The van der Waals surface area contributed by atoms with Crippen LogP contribution in [-0.4, -0.2) is 4.57 Å². The summed E-state index contributed by atoms with van der Waals surface area (Å²) in [7, 11) is 0. The van der Waals surface area contributed by atoms with E-state index in [1.54, 1.807) is 0 Å². The molecule has 0 atom stereocenters. The summed E-state index contributed by atoms with van der Waals surface area (Å²) in [6.45, 7) is 0. The number of benzene rings is 13. The van der Waals surface area contributed by atoms with Gasteiger partial charge in [-0.1, -0.05) is 176 Å². The molecule has 76 heavy (non-hydrogen) atoms. The highest BCUT2D eigenvalue weighted by molar-refractivity contribution is 7.26. The van der Waals surface area contributed by atoms with Gasteiger partial charge in [-0.3, -0.25) is 0 Å². The highest BCUT2D eigenvalue weighted by atomic mass is 32.1. The zero-order chi connectivity index (χ0) is 49.8. The molecule has 3 aromatic heterocycles. The first kappa shape index (κ1) is 42.7. The Morgan fingerprint density at radius 3 is 1.54 bits per heavy atom. The van der Waals surface area contributed by atoms with Crippen molar-refractivity contribution in [2.75, 3.05) is 4.90 Å². The molecule has 0 fully saturated rings.